The summed E-state index contributed by atoms with van der Waals surface area (Å²) in [5.41, 5.74) is 6.80. The fourth-order valence-electron chi connectivity index (χ4n) is 1.94. The number of carbonyl (C=O) groups excluding carboxylic acids is 1. The molecule has 0 unspecified atom stereocenters. The first-order chi connectivity index (χ1) is 11.7. The largest absolute Gasteiger partial charge is 0.444 e. The standard InChI is InChI=1S/C16H19IN6O2/c1-16(2,3)25-15(24)23-14-11(12(17)19)13(20-8-21-14)22-10-6-4-5-9(18)7-10/h4-8,19H,18H2,1-3H3,(H2,20,21,22,23,24). The van der Waals surface area contributed by atoms with E-state index in [-0.39, 0.29) is 9.54 Å². The first kappa shape index (κ1) is 18.9. The number of hydrogen-bond donors (Lipinski definition) is 4. The number of nitrogens with two attached hydrogens (primary N) is 1. The zero-order valence-corrected chi connectivity index (χ0v) is 16.2. The summed E-state index contributed by atoms with van der Waals surface area (Å²) in [4.78, 5) is 20.2. The van der Waals surface area contributed by atoms with Gasteiger partial charge in [0.25, 0.3) is 0 Å². The highest BCUT2D eigenvalue weighted by Gasteiger charge is 2.21. The molecule has 0 atom stereocenters. The number of benzene rings is 1. The molecule has 1 heterocycles. The molecule has 0 aliphatic rings. The van der Waals surface area contributed by atoms with E-state index < -0.39 is 11.7 Å². The number of nitrogens with zero attached hydrogens (tertiary/aromatic N) is 2. The molecule has 0 saturated carbocycles. The monoisotopic (exact) mass is 454 g/mol. The van der Waals surface area contributed by atoms with Gasteiger partial charge in [0.05, 0.1) is 5.56 Å². The summed E-state index contributed by atoms with van der Waals surface area (Å²) in [5, 5.41) is 13.7. The lowest BCUT2D eigenvalue weighted by atomic mass is 10.2. The second-order valence-corrected chi connectivity index (χ2v) is 7.22. The van der Waals surface area contributed by atoms with Crippen LogP contribution in [0.3, 0.4) is 0 Å². The van der Waals surface area contributed by atoms with Gasteiger partial charge in [-0.05, 0) is 61.6 Å². The van der Waals surface area contributed by atoms with Gasteiger partial charge in [-0.25, -0.2) is 14.8 Å². The molecule has 0 aliphatic carbocycles. The summed E-state index contributed by atoms with van der Waals surface area (Å²) < 4.78 is 5.39. The van der Waals surface area contributed by atoms with Gasteiger partial charge in [-0.15, -0.1) is 0 Å². The van der Waals surface area contributed by atoms with Gasteiger partial charge in [-0.2, -0.15) is 0 Å². The minimum atomic E-state index is -0.653. The average Bonchev–Trinajstić information content (AvgIpc) is 2.44. The summed E-state index contributed by atoms with van der Waals surface area (Å²) in [7, 11) is 0. The van der Waals surface area contributed by atoms with Crippen LogP contribution in [0.15, 0.2) is 30.6 Å². The Labute approximate surface area is 159 Å². The molecule has 0 radical (unpaired) electrons. The Morgan fingerprint density at radius 3 is 2.56 bits per heavy atom. The number of nitrogens with one attached hydrogen (secondary N) is 3. The van der Waals surface area contributed by atoms with Crippen LogP contribution < -0.4 is 16.4 Å². The quantitative estimate of drug-likeness (QED) is 0.315. The molecule has 0 saturated heterocycles. The van der Waals surface area contributed by atoms with E-state index in [1.54, 1.807) is 39.0 Å². The maximum atomic E-state index is 12.0. The third kappa shape index (κ3) is 5.55. The highest BCUT2D eigenvalue weighted by atomic mass is 127. The highest BCUT2D eigenvalue weighted by Crippen LogP contribution is 2.27. The normalized spacial score (nSPS) is 10.9. The van der Waals surface area contributed by atoms with Crippen molar-refractivity contribution in [2.24, 2.45) is 0 Å². The van der Waals surface area contributed by atoms with Crippen LogP contribution in [0.1, 0.15) is 26.3 Å². The van der Waals surface area contributed by atoms with Gasteiger partial charge in [-0.1, -0.05) is 6.07 Å². The van der Waals surface area contributed by atoms with E-state index >= 15 is 0 Å². The number of anilines is 4. The Hall–Kier alpha value is -2.43. The van der Waals surface area contributed by atoms with Gasteiger partial charge in [-0.3, -0.25) is 10.7 Å². The summed E-state index contributed by atoms with van der Waals surface area (Å²) >= 11 is 1.83. The Morgan fingerprint density at radius 2 is 1.96 bits per heavy atom. The summed E-state index contributed by atoms with van der Waals surface area (Å²) in [6.07, 6.45) is 0.643. The van der Waals surface area contributed by atoms with E-state index in [2.05, 4.69) is 20.6 Å². The molecule has 8 nitrogen and oxygen atoms in total. The summed E-state index contributed by atoms with van der Waals surface area (Å²) in [6, 6.07) is 7.12. The molecule has 1 aromatic carbocycles. The number of nitrogen functional groups attached to an aromatic ring is 1. The minimum absolute atomic E-state index is 0.163. The molecule has 2 aromatic rings. The number of carbonyl (C=O) groups is 1. The number of amides is 1. The fraction of sp³-hybridized carbons (Fsp3) is 0.250. The molecule has 0 aliphatic heterocycles. The van der Waals surface area contributed by atoms with E-state index in [0.717, 1.165) is 0 Å². The lowest BCUT2D eigenvalue weighted by Crippen LogP contribution is -2.28. The molecule has 25 heavy (non-hydrogen) atoms. The van der Waals surface area contributed by atoms with E-state index in [4.69, 9.17) is 15.9 Å². The van der Waals surface area contributed by atoms with Gasteiger partial charge in [0.15, 0.2) is 5.82 Å². The second kappa shape index (κ2) is 7.64. The van der Waals surface area contributed by atoms with Gasteiger partial charge >= 0.3 is 6.09 Å². The van der Waals surface area contributed by atoms with Gasteiger partial charge in [0.1, 0.15) is 21.5 Å². The van der Waals surface area contributed by atoms with Crippen molar-refractivity contribution in [3.8, 4) is 0 Å². The van der Waals surface area contributed by atoms with E-state index in [1.165, 1.54) is 6.33 Å². The lowest BCUT2D eigenvalue weighted by molar-refractivity contribution is 0.0635. The zero-order valence-electron chi connectivity index (χ0n) is 14.1. The lowest BCUT2D eigenvalue weighted by Gasteiger charge is -2.20. The van der Waals surface area contributed by atoms with Gasteiger partial charge in [0.2, 0.25) is 0 Å². The number of ether oxygens (including phenoxy) is 1. The van der Waals surface area contributed by atoms with Crippen molar-refractivity contribution in [3.05, 3.63) is 36.2 Å². The maximum Gasteiger partial charge on any atom is 0.413 e. The molecule has 5 N–H and O–H groups in total. The molecule has 1 aromatic heterocycles. The predicted molar refractivity (Wildman–Crippen MR) is 107 cm³/mol. The summed E-state index contributed by atoms with van der Waals surface area (Å²) in [5.74, 6) is 0.570. The van der Waals surface area contributed by atoms with Crippen LogP contribution in [-0.2, 0) is 4.74 Å². The highest BCUT2D eigenvalue weighted by molar-refractivity contribution is 14.1. The summed E-state index contributed by atoms with van der Waals surface area (Å²) in [6.45, 7) is 5.29. The number of rotatable bonds is 4. The number of aromatic nitrogens is 2. The molecule has 0 fully saturated rings. The van der Waals surface area contributed by atoms with Crippen molar-refractivity contribution in [2.75, 3.05) is 16.4 Å². The molecule has 1 amide bonds. The van der Waals surface area contributed by atoms with Crippen LogP contribution in [0.25, 0.3) is 0 Å². The van der Waals surface area contributed by atoms with Crippen LogP contribution in [0, 0.1) is 5.41 Å². The molecular weight excluding hydrogens is 435 g/mol. The first-order valence-electron chi connectivity index (χ1n) is 7.38. The van der Waals surface area contributed by atoms with E-state index in [9.17, 15) is 4.79 Å². The molecular formula is C16H19IN6O2. The average molecular weight is 454 g/mol. The Morgan fingerprint density at radius 1 is 1.28 bits per heavy atom. The molecule has 0 bridgehead atoms. The third-order valence-electron chi connectivity index (χ3n) is 2.84. The fourth-order valence-corrected chi connectivity index (χ4v) is 2.45. The van der Waals surface area contributed by atoms with Crippen molar-refractivity contribution in [3.63, 3.8) is 0 Å². The van der Waals surface area contributed by atoms with Crippen molar-refractivity contribution in [1.29, 1.82) is 5.41 Å². The number of halogens is 1. The van der Waals surface area contributed by atoms with Crippen LogP contribution in [0.4, 0.5) is 27.8 Å². The zero-order chi connectivity index (χ0) is 18.6. The van der Waals surface area contributed by atoms with Gasteiger partial charge in [0, 0.05) is 11.4 Å². The Bertz CT molecular complexity index is 803. The van der Waals surface area contributed by atoms with Crippen LogP contribution in [0.5, 0.6) is 0 Å². The van der Waals surface area contributed by atoms with Crippen LogP contribution in [0.2, 0.25) is 0 Å². The van der Waals surface area contributed by atoms with Crippen LogP contribution in [-0.4, -0.2) is 25.4 Å². The van der Waals surface area contributed by atoms with Crippen molar-refractivity contribution >= 4 is 55.4 Å². The Kier molecular flexibility index (Phi) is 5.77. The molecule has 9 heteroatoms. The van der Waals surface area contributed by atoms with Crippen LogP contribution >= 0.6 is 22.6 Å². The molecule has 0 spiro atoms. The first-order valence-corrected chi connectivity index (χ1v) is 8.45. The number of hydrogen-bond acceptors (Lipinski definition) is 7. The Balaban J connectivity index is 2.32. The predicted octanol–water partition coefficient (Wildman–Crippen LogP) is 3.91. The van der Waals surface area contributed by atoms with E-state index in [1.807, 2.05) is 28.7 Å². The smallest absolute Gasteiger partial charge is 0.413 e. The SMILES string of the molecule is CC(C)(C)OC(=O)Nc1ncnc(Nc2cccc(N)c2)c1C(=N)I. The van der Waals surface area contributed by atoms with Crippen molar-refractivity contribution in [2.45, 2.75) is 26.4 Å². The third-order valence-corrected chi connectivity index (χ3v) is 3.37. The molecule has 132 valence electrons. The second-order valence-electron chi connectivity index (χ2n) is 6.14. The van der Waals surface area contributed by atoms with Crippen molar-refractivity contribution < 1.29 is 9.53 Å². The topological polar surface area (TPSA) is 126 Å². The van der Waals surface area contributed by atoms with Gasteiger partial charge < -0.3 is 15.8 Å². The minimum Gasteiger partial charge on any atom is -0.444 e. The van der Waals surface area contributed by atoms with E-state index in [0.29, 0.717) is 22.8 Å². The molecule has 2 rings (SSSR count). The maximum absolute atomic E-state index is 12.0. The van der Waals surface area contributed by atoms with Crippen molar-refractivity contribution in [1.82, 2.24) is 9.97 Å².